The molecule has 0 atom stereocenters. The monoisotopic (exact) mass is 143 g/mol. The highest BCUT2D eigenvalue weighted by Gasteiger charge is 1.97. The van der Waals surface area contributed by atoms with Crippen LogP contribution in [0.4, 0.5) is 4.79 Å². The molecule has 0 aromatic heterocycles. The second-order valence-corrected chi connectivity index (χ2v) is 1.66. The van der Waals surface area contributed by atoms with Gasteiger partial charge in [-0.05, 0) is 13.8 Å². The molecule has 10 heavy (non-hydrogen) atoms. The summed E-state index contributed by atoms with van der Waals surface area (Å²) >= 11 is 0. The Morgan fingerprint density at radius 3 is 2.60 bits per heavy atom. The van der Waals surface area contributed by atoms with Gasteiger partial charge in [-0.2, -0.15) is 0 Å². The molecule has 0 saturated carbocycles. The SMILES string of the molecule is C=COC(=O)ON=C(C)C. The standard InChI is InChI=1S/C6H9NO3/c1-4-9-6(8)10-7-5(2)3/h4H,1H2,2-3H3. The van der Waals surface area contributed by atoms with Gasteiger partial charge in [-0.3, -0.25) is 4.84 Å². The fourth-order valence-electron chi connectivity index (χ4n) is 0.218. The molecule has 0 spiro atoms. The second kappa shape index (κ2) is 4.55. The highest BCUT2D eigenvalue weighted by molar-refractivity contribution is 5.79. The Bertz CT molecular complexity index is 158. The van der Waals surface area contributed by atoms with Crippen LogP contribution in [0.5, 0.6) is 0 Å². The minimum absolute atomic E-state index is 0.640. The fourth-order valence-corrected chi connectivity index (χ4v) is 0.218. The molecule has 0 saturated heterocycles. The van der Waals surface area contributed by atoms with Crippen LogP contribution in [0.2, 0.25) is 0 Å². The predicted octanol–water partition coefficient (Wildman–Crippen LogP) is 1.68. The molecular weight excluding hydrogens is 134 g/mol. The first kappa shape index (κ1) is 8.68. The number of nitrogens with zero attached hydrogens (tertiary/aromatic N) is 1. The lowest BCUT2D eigenvalue weighted by molar-refractivity contribution is 0.0877. The van der Waals surface area contributed by atoms with Crippen molar-refractivity contribution in [2.45, 2.75) is 13.8 Å². The Balaban J connectivity index is 3.59. The van der Waals surface area contributed by atoms with E-state index in [0.717, 1.165) is 6.26 Å². The predicted molar refractivity (Wildman–Crippen MR) is 36.5 cm³/mol. The molecule has 0 aliphatic rings. The van der Waals surface area contributed by atoms with E-state index in [2.05, 4.69) is 21.3 Å². The lowest BCUT2D eigenvalue weighted by atomic mass is 10.5. The highest BCUT2D eigenvalue weighted by Crippen LogP contribution is 1.86. The molecule has 0 rings (SSSR count). The van der Waals surface area contributed by atoms with Crippen LogP contribution in [0.15, 0.2) is 18.0 Å². The molecule has 0 radical (unpaired) electrons. The van der Waals surface area contributed by atoms with Crippen molar-refractivity contribution < 1.29 is 14.4 Å². The van der Waals surface area contributed by atoms with E-state index in [0.29, 0.717) is 5.71 Å². The molecule has 0 amide bonds. The third-order valence-corrected chi connectivity index (χ3v) is 0.482. The lowest BCUT2D eigenvalue weighted by Gasteiger charge is -1.93. The third-order valence-electron chi connectivity index (χ3n) is 0.482. The van der Waals surface area contributed by atoms with Gasteiger partial charge in [0.25, 0.3) is 0 Å². The van der Waals surface area contributed by atoms with Crippen molar-refractivity contribution in [1.29, 1.82) is 0 Å². The average molecular weight is 143 g/mol. The van der Waals surface area contributed by atoms with Crippen LogP contribution in [-0.2, 0) is 9.57 Å². The van der Waals surface area contributed by atoms with Gasteiger partial charge in [0, 0.05) is 0 Å². The van der Waals surface area contributed by atoms with Gasteiger partial charge >= 0.3 is 6.16 Å². The minimum atomic E-state index is -0.879. The van der Waals surface area contributed by atoms with Crippen LogP contribution in [0, 0.1) is 0 Å². The maximum absolute atomic E-state index is 10.3. The number of hydrogen-bond donors (Lipinski definition) is 0. The molecule has 4 heteroatoms. The summed E-state index contributed by atoms with van der Waals surface area (Å²) in [5.74, 6) is 0. The molecule has 0 unspecified atom stereocenters. The molecule has 0 aromatic rings. The van der Waals surface area contributed by atoms with Gasteiger partial charge in [-0.15, -0.1) is 0 Å². The topological polar surface area (TPSA) is 47.9 Å². The highest BCUT2D eigenvalue weighted by atomic mass is 16.8. The number of ether oxygens (including phenoxy) is 1. The molecule has 0 aliphatic carbocycles. The molecular formula is C6H9NO3. The van der Waals surface area contributed by atoms with Crippen LogP contribution in [-0.4, -0.2) is 11.9 Å². The van der Waals surface area contributed by atoms with Crippen molar-refractivity contribution in [3.05, 3.63) is 12.8 Å². The van der Waals surface area contributed by atoms with E-state index in [1.165, 1.54) is 0 Å². The summed E-state index contributed by atoms with van der Waals surface area (Å²) < 4.78 is 4.19. The Kier molecular flexibility index (Phi) is 3.95. The largest absolute Gasteiger partial charge is 0.540 e. The molecule has 4 nitrogen and oxygen atoms in total. The summed E-state index contributed by atoms with van der Waals surface area (Å²) in [6.45, 7) is 6.55. The number of carbonyl (C=O) groups excluding carboxylic acids is 1. The Morgan fingerprint density at radius 2 is 2.20 bits per heavy atom. The van der Waals surface area contributed by atoms with Gasteiger partial charge in [-0.25, -0.2) is 4.79 Å². The van der Waals surface area contributed by atoms with Crippen molar-refractivity contribution in [1.82, 2.24) is 0 Å². The maximum atomic E-state index is 10.3. The Hall–Kier alpha value is -1.32. The van der Waals surface area contributed by atoms with Crippen molar-refractivity contribution in [3.63, 3.8) is 0 Å². The third kappa shape index (κ3) is 4.83. The van der Waals surface area contributed by atoms with Crippen molar-refractivity contribution in [2.75, 3.05) is 0 Å². The van der Waals surface area contributed by atoms with E-state index in [4.69, 9.17) is 0 Å². The Morgan fingerprint density at radius 1 is 1.60 bits per heavy atom. The van der Waals surface area contributed by atoms with Crippen LogP contribution < -0.4 is 0 Å². The van der Waals surface area contributed by atoms with Crippen molar-refractivity contribution in [2.24, 2.45) is 5.16 Å². The van der Waals surface area contributed by atoms with Crippen molar-refractivity contribution >= 4 is 11.9 Å². The van der Waals surface area contributed by atoms with Gasteiger partial charge in [0.05, 0.1) is 12.0 Å². The molecule has 0 N–H and O–H groups in total. The molecule has 56 valence electrons. The van der Waals surface area contributed by atoms with E-state index >= 15 is 0 Å². The zero-order valence-corrected chi connectivity index (χ0v) is 5.96. The maximum Gasteiger partial charge on any atom is 0.540 e. The zero-order valence-electron chi connectivity index (χ0n) is 5.96. The summed E-state index contributed by atoms with van der Waals surface area (Å²) in [6, 6.07) is 0. The summed E-state index contributed by atoms with van der Waals surface area (Å²) in [7, 11) is 0. The number of hydrogen-bond acceptors (Lipinski definition) is 4. The van der Waals surface area contributed by atoms with Gasteiger partial charge < -0.3 is 4.74 Å². The smallest absolute Gasteiger partial charge is 0.402 e. The van der Waals surface area contributed by atoms with E-state index in [1.807, 2.05) is 0 Å². The molecule has 0 aromatic carbocycles. The molecule has 0 aliphatic heterocycles. The zero-order chi connectivity index (χ0) is 7.98. The minimum Gasteiger partial charge on any atom is -0.402 e. The van der Waals surface area contributed by atoms with Crippen LogP contribution in [0.3, 0.4) is 0 Å². The van der Waals surface area contributed by atoms with Gasteiger partial charge in [-0.1, -0.05) is 11.7 Å². The average Bonchev–Trinajstić information content (AvgIpc) is 1.85. The molecule has 0 bridgehead atoms. The van der Waals surface area contributed by atoms with Crippen LogP contribution in [0.25, 0.3) is 0 Å². The molecule has 0 heterocycles. The number of carbonyl (C=O) groups is 1. The summed E-state index contributed by atoms with van der Waals surface area (Å²) in [5, 5.41) is 3.34. The lowest BCUT2D eigenvalue weighted by Crippen LogP contribution is -1.99. The van der Waals surface area contributed by atoms with Gasteiger partial charge in [0.15, 0.2) is 0 Å². The first-order chi connectivity index (χ1) is 4.66. The normalized spacial score (nSPS) is 7.80. The summed E-state index contributed by atoms with van der Waals surface area (Å²) in [5.41, 5.74) is 0.640. The summed E-state index contributed by atoms with van der Waals surface area (Å²) in [6.07, 6.45) is 0.0965. The fraction of sp³-hybridized carbons (Fsp3) is 0.333. The van der Waals surface area contributed by atoms with E-state index < -0.39 is 6.16 Å². The van der Waals surface area contributed by atoms with Crippen LogP contribution in [0.1, 0.15) is 13.8 Å². The second-order valence-electron chi connectivity index (χ2n) is 1.66. The van der Waals surface area contributed by atoms with Gasteiger partial charge in [0.1, 0.15) is 0 Å². The van der Waals surface area contributed by atoms with E-state index in [1.54, 1.807) is 13.8 Å². The molecule has 0 fully saturated rings. The van der Waals surface area contributed by atoms with E-state index in [9.17, 15) is 4.79 Å². The number of oxime groups is 1. The first-order valence-electron chi connectivity index (χ1n) is 2.66. The van der Waals surface area contributed by atoms with E-state index in [-0.39, 0.29) is 0 Å². The summed E-state index contributed by atoms with van der Waals surface area (Å²) in [4.78, 5) is 14.5. The van der Waals surface area contributed by atoms with Crippen LogP contribution >= 0.6 is 0 Å². The number of rotatable bonds is 2. The first-order valence-corrected chi connectivity index (χ1v) is 2.66. The van der Waals surface area contributed by atoms with Crippen molar-refractivity contribution in [3.8, 4) is 0 Å². The van der Waals surface area contributed by atoms with Gasteiger partial charge in [0.2, 0.25) is 0 Å². The quantitative estimate of drug-likeness (QED) is 0.194. The Labute approximate surface area is 59.1 Å².